The first-order valence-corrected chi connectivity index (χ1v) is 8.01. The average Bonchev–Trinajstić information content (AvgIpc) is 2.98. The molecule has 2 bridgehead atoms. The maximum Gasteiger partial charge on any atom is 0.0178 e. The van der Waals surface area contributed by atoms with Crippen LogP contribution in [-0.4, -0.2) is 6.54 Å². The minimum absolute atomic E-state index is 0.548. The van der Waals surface area contributed by atoms with Crippen molar-refractivity contribution < 1.29 is 0 Å². The van der Waals surface area contributed by atoms with Gasteiger partial charge in [-0.15, -0.1) is 0 Å². The zero-order valence-corrected chi connectivity index (χ0v) is 12.4. The van der Waals surface area contributed by atoms with Crippen LogP contribution < -0.4 is 5.73 Å². The summed E-state index contributed by atoms with van der Waals surface area (Å²) in [5.41, 5.74) is 7.43. The van der Waals surface area contributed by atoms with E-state index in [1.54, 1.807) is 0 Å². The molecule has 0 heterocycles. The fourth-order valence-electron chi connectivity index (χ4n) is 4.16. The van der Waals surface area contributed by atoms with E-state index in [0.29, 0.717) is 5.92 Å². The van der Waals surface area contributed by atoms with Crippen molar-refractivity contribution in [3.05, 3.63) is 34.3 Å². The van der Waals surface area contributed by atoms with Gasteiger partial charge in [-0.2, -0.15) is 0 Å². The van der Waals surface area contributed by atoms with Gasteiger partial charge in [-0.3, -0.25) is 0 Å². The number of fused-ring (bicyclic) bond motifs is 2. The lowest BCUT2D eigenvalue weighted by Gasteiger charge is -2.26. The molecule has 0 aliphatic heterocycles. The standard InChI is InChI=1S/C16H22BrN/c17-16-3-1-2-12(9-16)15(10-18)8-14-7-11-4-5-13(14)6-11/h1-3,9,11,13-15H,4-8,10,18H2. The number of nitrogens with two attached hydrogens (primary N) is 1. The van der Waals surface area contributed by atoms with Gasteiger partial charge >= 0.3 is 0 Å². The molecule has 1 nitrogen and oxygen atoms in total. The summed E-state index contributed by atoms with van der Waals surface area (Å²) in [4.78, 5) is 0. The summed E-state index contributed by atoms with van der Waals surface area (Å²) in [5.74, 6) is 3.54. The normalized spacial score (nSPS) is 31.8. The van der Waals surface area contributed by atoms with Crippen LogP contribution in [0, 0.1) is 17.8 Å². The Balaban J connectivity index is 1.69. The van der Waals surface area contributed by atoms with Crippen LogP contribution in [0.5, 0.6) is 0 Å². The fraction of sp³-hybridized carbons (Fsp3) is 0.625. The molecule has 2 heteroatoms. The minimum atomic E-state index is 0.548. The van der Waals surface area contributed by atoms with Gasteiger partial charge in [0.25, 0.3) is 0 Å². The lowest BCUT2D eigenvalue weighted by atomic mass is 9.80. The van der Waals surface area contributed by atoms with Crippen LogP contribution in [0.2, 0.25) is 0 Å². The molecule has 0 radical (unpaired) electrons. The van der Waals surface area contributed by atoms with Crippen LogP contribution in [-0.2, 0) is 0 Å². The highest BCUT2D eigenvalue weighted by Gasteiger charge is 2.40. The molecular formula is C16H22BrN. The number of benzene rings is 1. The summed E-state index contributed by atoms with van der Waals surface area (Å²) in [7, 11) is 0. The van der Waals surface area contributed by atoms with Crippen molar-refractivity contribution in [3.8, 4) is 0 Å². The molecule has 4 atom stereocenters. The summed E-state index contributed by atoms with van der Waals surface area (Å²) in [5, 5.41) is 0. The largest absolute Gasteiger partial charge is 0.330 e. The molecule has 0 saturated heterocycles. The average molecular weight is 308 g/mol. The van der Waals surface area contributed by atoms with Gasteiger partial charge < -0.3 is 5.73 Å². The Morgan fingerprint density at radius 2 is 2.17 bits per heavy atom. The van der Waals surface area contributed by atoms with E-state index in [1.807, 2.05) is 0 Å². The third kappa shape index (κ3) is 2.50. The van der Waals surface area contributed by atoms with Crippen molar-refractivity contribution in [2.45, 2.75) is 38.0 Å². The van der Waals surface area contributed by atoms with Crippen molar-refractivity contribution in [2.75, 3.05) is 6.54 Å². The third-order valence-corrected chi connectivity index (χ3v) is 5.57. The number of hydrogen-bond donors (Lipinski definition) is 1. The molecule has 1 aromatic rings. The maximum atomic E-state index is 6.02. The Morgan fingerprint density at radius 1 is 1.28 bits per heavy atom. The van der Waals surface area contributed by atoms with Crippen LogP contribution in [0.25, 0.3) is 0 Å². The Bertz CT molecular complexity index is 417. The molecular weight excluding hydrogens is 286 g/mol. The van der Waals surface area contributed by atoms with Crippen LogP contribution in [0.15, 0.2) is 28.7 Å². The fourth-order valence-corrected chi connectivity index (χ4v) is 4.58. The molecule has 0 spiro atoms. The quantitative estimate of drug-likeness (QED) is 0.881. The van der Waals surface area contributed by atoms with Gasteiger partial charge in [0.15, 0.2) is 0 Å². The Kier molecular flexibility index (Phi) is 3.76. The molecule has 98 valence electrons. The molecule has 1 aromatic carbocycles. The van der Waals surface area contributed by atoms with Gasteiger partial charge in [0.1, 0.15) is 0 Å². The van der Waals surface area contributed by atoms with Gasteiger partial charge in [-0.05, 0) is 73.6 Å². The first-order chi connectivity index (χ1) is 8.76. The van der Waals surface area contributed by atoms with E-state index in [4.69, 9.17) is 5.73 Å². The monoisotopic (exact) mass is 307 g/mol. The van der Waals surface area contributed by atoms with E-state index in [2.05, 4.69) is 40.2 Å². The Labute approximate surface area is 118 Å². The molecule has 18 heavy (non-hydrogen) atoms. The third-order valence-electron chi connectivity index (χ3n) is 5.08. The van der Waals surface area contributed by atoms with Crippen molar-refractivity contribution in [1.82, 2.24) is 0 Å². The van der Waals surface area contributed by atoms with Crippen LogP contribution in [0.1, 0.15) is 43.6 Å². The molecule has 2 saturated carbocycles. The van der Waals surface area contributed by atoms with E-state index in [0.717, 1.165) is 24.3 Å². The summed E-state index contributed by atoms with van der Waals surface area (Å²) >= 11 is 3.56. The van der Waals surface area contributed by atoms with Gasteiger partial charge in [0.2, 0.25) is 0 Å². The highest BCUT2D eigenvalue weighted by molar-refractivity contribution is 9.10. The van der Waals surface area contributed by atoms with Crippen LogP contribution in [0.4, 0.5) is 0 Å². The predicted octanol–water partition coefficient (Wildman–Crippen LogP) is 4.32. The summed E-state index contributed by atoms with van der Waals surface area (Å²) < 4.78 is 1.17. The highest BCUT2D eigenvalue weighted by Crippen LogP contribution is 2.51. The van der Waals surface area contributed by atoms with Gasteiger partial charge in [0, 0.05) is 4.47 Å². The highest BCUT2D eigenvalue weighted by atomic mass is 79.9. The molecule has 0 amide bonds. The summed E-state index contributed by atoms with van der Waals surface area (Å²) in [6, 6.07) is 8.69. The van der Waals surface area contributed by atoms with Crippen molar-refractivity contribution in [2.24, 2.45) is 23.5 Å². The lowest BCUT2D eigenvalue weighted by Crippen LogP contribution is -2.19. The first kappa shape index (κ1) is 12.7. The van der Waals surface area contributed by atoms with E-state index in [-0.39, 0.29) is 0 Å². The topological polar surface area (TPSA) is 26.0 Å². The predicted molar refractivity (Wildman–Crippen MR) is 79.5 cm³/mol. The van der Waals surface area contributed by atoms with Crippen molar-refractivity contribution in [3.63, 3.8) is 0 Å². The second-order valence-corrected chi connectivity index (χ2v) is 7.07. The van der Waals surface area contributed by atoms with Crippen LogP contribution in [0.3, 0.4) is 0 Å². The number of rotatable bonds is 4. The lowest BCUT2D eigenvalue weighted by molar-refractivity contribution is 0.296. The second kappa shape index (κ2) is 5.34. The van der Waals surface area contributed by atoms with E-state index >= 15 is 0 Å². The Morgan fingerprint density at radius 3 is 2.78 bits per heavy atom. The maximum absolute atomic E-state index is 6.02. The number of halogens is 1. The summed E-state index contributed by atoms with van der Waals surface area (Å²) in [6.07, 6.45) is 7.24. The smallest absolute Gasteiger partial charge is 0.0178 e. The van der Waals surface area contributed by atoms with Crippen molar-refractivity contribution in [1.29, 1.82) is 0 Å². The van der Waals surface area contributed by atoms with Gasteiger partial charge in [-0.25, -0.2) is 0 Å². The molecule has 0 aromatic heterocycles. The SMILES string of the molecule is NCC(CC1CC2CCC1C2)c1cccc(Br)c1. The van der Waals surface area contributed by atoms with E-state index < -0.39 is 0 Å². The summed E-state index contributed by atoms with van der Waals surface area (Å²) in [6.45, 7) is 0.782. The van der Waals surface area contributed by atoms with Gasteiger partial charge in [-0.1, -0.05) is 34.5 Å². The molecule has 2 aliphatic rings. The van der Waals surface area contributed by atoms with E-state index in [1.165, 1.54) is 42.1 Å². The zero-order chi connectivity index (χ0) is 12.5. The molecule has 4 unspecified atom stereocenters. The Hall–Kier alpha value is -0.340. The van der Waals surface area contributed by atoms with E-state index in [9.17, 15) is 0 Å². The van der Waals surface area contributed by atoms with Crippen LogP contribution >= 0.6 is 15.9 Å². The number of hydrogen-bond acceptors (Lipinski definition) is 1. The molecule has 2 N–H and O–H groups in total. The minimum Gasteiger partial charge on any atom is -0.330 e. The molecule has 2 fully saturated rings. The second-order valence-electron chi connectivity index (χ2n) is 6.16. The molecule has 2 aliphatic carbocycles. The molecule has 3 rings (SSSR count). The zero-order valence-electron chi connectivity index (χ0n) is 10.8. The van der Waals surface area contributed by atoms with Crippen molar-refractivity contribution >= 4 is 15.9 Å². The first-order valence-electron chi connectivity index (χ1n) is 7.21. The van der Waals surface area contributed by atoms with Gasteiger partial charge in [0.05, 0.1) is 0 Å².